The lowest BCUT2D eigenvalue weighted by molar-refractivity contribution is -0.121. The number of nitrogens with zero attached hydrogens (tertiary/aromatic N) is 1. The Morgan fingerprint density at radius 2 is 1.96 bits per heavy atom. The van der Waals surface area contributed by atoms with Crippen LogP contribution in [0.4, 0.5) is 13.2 Å². The Balaban J connectivity index is 2.01. The average molecular weight is 329 g/mol. The van der Waals surface area contributed by atoms with Crippen molar-refractivity contribution in [1.82, 2.24) is 10.2 Å². The molecule has 0 aromatic heterocycles. The number of hydrogen-bond donors (Lipinski definition) is 2. The van der Waals surface area contributed by atoms with E-state index in [-0.39, 0.29) is 30.5 Å². The highest BCUT2D eigenvalue weighted by Crippen LogP contribution is 2.22. The Hall–Kier alpha value is -1.60. The largest absolute Gasteiger partial charge is 0.354 e. The van der Waals surface area contributed by atoms with E-state index in [4.69, 9.17) is 5.73 Å². The number of likely N-dealkylation sites (tertiary alicyclic amines) is 1. The molecule has 1 heterocycles. The summed E-state index contributed by atoms with van der Waals surface area (Å²) >= 11 is 0. The lowest BCUT2D eigenvalue weighted by atomic mass is 10.0. The van der Waals surface area contributed by atoms with Crippen molar-refractivity contribution in [2.75, 3.05) is 19.6 Å². The zero-order valence-corrected chi connectivity index (χ0v) is 13.0. The summed E-state index contributed by atoms with van der Waals surface area (Å²) < 4.78 is 40.1. The van der Waals surface area contributed by atoms with Crippen molar-refractivity contribution in [2.45, 2.75) is 38.3 Å². The van der Waals surface area contributed by atoms with Gasteiger partial charge < -0.3 is 11.1 Å². The summed E-state index contributed by atoms with van der Waals surface area (Å²) in [6, 6.07) is 1.54. The predicted molar refractivity (Wildman–Crippen MR) is 81.0 cm³/mol. The number of nitrogens with two attached hydrogens (primary N) is 1. The minimum Gasteiger partial charge on any atom is -0.354 e. The summed E-state index contributed by atoms with van der Waals surface area (Å²) in [5.41, 5.74) is 5.46. The maximum absolute atomic E-state index is 13.8. The molecule has 1 aromatic rings. The van der Waals surface area contributed by atoms with E-state index in [2.05, 4.69) is 5.32 Å². The van der Waals surface area contributed by atoms with Gasteiger partial charge in [-0.1, -0.05) is 6.42 Å². The van der Waals surface area contributed by atoms with Gasteiger partial charge in [-0.25, -0.2) is 13.2 Å². The van der Waals surface area contributed by atoms with E-state index in [0.29, 0.717) is 19.2 Å². The molecule has 1 aliphatic heterocycles. The van der Waals surface area contributed by atoms with Gasteiger partial charge in [0.1, 0.15) is 5.82 Å². The zero-order chi connectivity index (χ0) is 16.8. The number of carbonyl (C=O) groups is 1. The third-order valence-corrected chi connectivity index (χ3v) is 4.12. The number of benzene rings is 1. The first-order valence-corrected chi connectivity index (χ1v) is 7.85. The van der Waals surface area contributed by atoms with E-state index in [1.165, 1.54) is 0 Å². The molecule has 4 nitrogen and oxygen atoms in total. The number of nitrogens with one attached hydrogen (secondary N) is 1. The van der Waals surface area contributed by atoms with Gasteiger partial charge in [0.2, 0.25) is 5.91 Å². The van der Waals surface area contributed by atoms with E-state index in [9.17, 15) is 18.0 Å². The van der Waals surface area contributed by atoms with Crippen LogP contribution in [0.5, 0.6) is 0 Å². The molecule has 3 N–H and O–H groups in total. The van der Waals surface area contributed by atoms with Gasteiger partial charge in [0.05, 0.1) is 0 Å². The molecule has 0 radical (unpaired) electrons. The second-order valence-electron chi connectivity index (χ2n) is 5.82. The van der Waals surface area contributed by atoms with E-state index in [1.807, 2.05) is 4.90 Å². The van der Waals surface area contributed by atoms with Crippen molar-refractivity contribution in [3.8, 4) is 0 Å². The number of amides is 1. The van der Waals surface area contributed by atoms with Crippen LogP contribution >= 0.6 is 0 Å². The molecule has 0 bridgehead atoms. The van der Waals surface area contributed by atoms with E-state index < -0.39 is 17.5 Å². The minimum absolute atomic E-state index is 0.0537. The van der Waals surface area contributed by atoms with Crippen molar-refractivity contribution in [2.24, 2.45) is 5.73 Å². The Kier molecular flexibility index (Phi) is 6.41. The number of rotatable bonds is 6. The molecule has 1 saturated heterocycles. The van der Waals surface area contributed by atoms with E-state index in [1.54, 1.807) is 0 Å². The number of halogens is 3. The van der Waals surface area contributed by atoms with Crippen LogP contribution in [0, 0.1) is 17.5 Å². The summed E-state index contributed by atoms with van der Waals surface area (Å²) in [6.45, 7) is 1.67. The molecule has 1 aliphatic rings. The summed E-state index contributed by atoms with van der Waals surface area (Å²) in [5.74, 6) is -3.10. The van der Waals surface area contributed by atoms with Gasteiger partial charge >= 0.3 is 0 Å². The van der Waals surface area contributed by atoms with Crippen LogP contribution < -0.4 is 11.1 Å². The van der Waals surface area contributed by atoms with Crippen molar-refractivity contribution in [1.29, 1.82) is 0 Å². The molecule has 1 unspecified atom stereocenters. The van der Waals surface area contributed by atoms with Crippen LogP contribution in [0.2, 0.25) is 0 Å². The van der Waals surface area contributed by atoms with Crippen molar-refractivity contribution >= 4 is 5.91 Å². The van der Waals surface area contributed by atoms with Crippen molar-refractivity contribution in [3.05, 3.63) is 35.1 Å². The molecule has 128 valence electrons. The molecule has 1 amide bonds. The van der Waals surface area contributed by atoms with E-state index >= 15 is 0 Å². The van der Waals surface area contributed by atoms with Crippen LogP contribution in [0.15, 0.2) is 12.1 Å². The molecule has 0 aliphatic carbocycles. The second-order valence-corrected chi connectivity index (χ2v) is 5.82. The van der Waals surface area contributed by atoms with Gasteiger partial charge in [0.25, 0.3) is 0 Å². The lowest BCUT2D eigenvalue weighted by Gasteiger charge is -2.36. The van der Waals surface area contributed by atoms with E-state index in [0.717, 1.165) is 31.9 Å². The minimum atomic E-state index is -1.18. The lowest BCUT2D eigenvalue weighted by Crippen LogP contribution is -2.46. The fourth-order valence-electron chi connectivity index (χ4n) is 2.85. The number of carbonyl (C=O) groups excluding carboxylic acids is 1. The van der Waals surface area contributed by atoms with Gasteiger partial charge in [-0.15, -0.1) is 0 Å². The Labute approximate surface area is 133 Å². The molecule has 0 spiro atoms. The molecular formula is C16H22F3N3O. The maximum atomic E-state index is 13.8. The van der Waals surface area contributed by atoms with Crippen LogP contribution in [0.25, 0.3) is 0 Å². The third-order valence-electron chi connectivity index (χ3n) is 4.12. The van der Waals surface area contributed by atoms with Crippen LogP contribution in [-0.4, -0.2) is 36.5 Å². The highest BCUT2D eigenvalue weighted by atomic mass is 19.2. The number of hydrogen-bond acceptors (Lipinski definition) is 3. The summed E-state index contributed by atoms with van der Waals surface area (Å²) in [4.78, 5) is 13.5. The van der Waals surface area contributed by atoms with Crippen LogP contribution in [0.3, 0.4) is 0 Å². The standard InChI is InChI=1S/C16H22F3N3O/c17-13-8-15(19)14(18)7-11(13)10-22-6-2-1-3-12(22)9-21-16(23)4-5-20/h7-8,12H,1-6,9-10,20H2,(H,21,23). The van der Waals surface area contributed by atoms with Gasteiger partial charge in [-0.2, -0.15) is 0 Å². The third kappa shape index (κ3) is 4.94. The van der Waals surface area contributed by atoms with Crippen molar-refractivity contribution in [3.63, 3.8) is 0 Å². The van der Waals surface area contributed by atoms with Gasteiger partial charge in [-0.3, -0.25) is 9.69 Å². The molecule has 7 heteroatoms. The highest BCUT2D eigenvalue weighted by Gasteiger charge is 2.24. The van der Waals surface area contributed by atoms with Crippen molar-refractivity contribution < 1.29 is 18.0 Å². The molecule has 1 atom stereocenters. The first kappa shape index (κ1) is 17.7. The Bertz CT molecular complexity index is 554. The van der Waals surface area contributed by atoms with Crippen LogP contribution in [0.1, 0.15) is 31.2 Å². The normalized spacial score (nSPS) is 18.9. The summed E-state index contributed by atoms with van der Waals surface area (Å²) in [7, 11) is 0. The smallest absolute Gasteiger partial charge is 0.221 e. The molecule has 1 aromatic carbocycles. The average Bonchev–Trinajstić information content (AvgIpc) is 2.52. The quantitative estimate of drug-likeness (QED) is 0.784. The van der Waals surface area contributed by atoms with Gasteiger partial charge in [0.15, 0.2) is 11.6 Å². The fourth-order valence-corrected chi connectivity index (χ4v) is 2.85. The molecule has 0 saturated carbocycles. The SMILES string of the molecule is NCCC(=O)NCC1CCCCN1Cc1cc(F)c(F)cc1F. The molecule has 23 heavy (non-hydrogen) atoms. The molecule has 2 rings (SSSR count). The Morgan fingerprint density at radius 1 is 1.22 bits per heavy atom. The van der Waals surface area contributed by atoms with Crippen LogP contribution in [-0.2, 0) is 11.3 Å². The van der Waals surface area contributed by atoms with Gasteiger partial charge in [0, 0.05) is 43.7 Å². The molecule has 1 fully saturated rings. The zero-order valence-electron chi connectivity index (χ0n) is 13.0. The second kappa shape index (κ2) is 8.31. The first-order chi connectivity index (χ1) is 11.0. The monoisotopic (exact) mass is 329 g/mol. The van der Waals surface area contributed by atoms with Gasteiger partial charge in [-0.05, 0) is 25.5 Å². The fraction of sp³-hybridized carbons (Fsp3) is 0.562. The first-order valence-electron chi connectivity index (χ1n) is 7.85. The summed E-state index contributed by atoms with van der Waals surface area (Å²) in [5, 5.41) is 2.82. The number of piperidine rings is 1. The Morgan fingerprint density at radius 3 is 2.70 bits per heavy atom. The maximum Gasteiger partial charge on any atom is 0.221 e. The highest BCUT2D eigenvalue weighted by molar-refractivity contribution is 5.76. The molecular weight excluding hydrogens is 307 g/mol. The summed E-state index contributed by atoms with van der Waals surface area (Å²) in [6.07, 6.45) is 3.12. The topological polar surface area (TPSA) is 58.4 Å². The predicted octanol–water partition coefficient (Wildman–Crippen LogP) is 1.92.